The number of nitrogens with zero attached hydrogens (tertiary/aromatic N) is 2. The summed E-state index contributed by atoms with van der Waals surface area (Å²) < 4.78 is 1.83. The third-order valence-corrected chi connectivity index (χ3v) is 3.75. The van der Waals surface area contributed by atoms with Crippen LogP contribution < -0.4 is 10.6 Å². The van der Waals surface area contributed by atoms with Crippen molar-refractivity contribution in [3.8, 4) is 0 Å². The molecule has 2 N–H and O–H groups in total. The lowest BCUT2D eigenvalue weighted by molar-refractivity contribution is -0.122. The molecule has 3 rings (SSSR count). The fourth-order valence-electron chi connectivity index (χ4n) is 2.60. The van der Waals surface area contributed by atoms with E-state index >= 15 is 0 Å². The lowest BCUT2D eigenvalue weighted by Crippen LogP contribution is -2.32. The normalized spacial score (nSPS) is 16.6. The minimum Gasteiger partial charge on any atom is -0.384 e. The Morgan fingerprint density at radius 3 is 3.10 bits per heavy atom. The maximum atomic E-state index is 12.2. The van der Waals surface area contributed by atoms with Gasteiger partial charge in [-0.3, -0.25) is 9.48 Å². The second-order valence-corrected chi connectivity index (χ2v) is 5.01. The molecule has 0 spiro atoms. The molecule has 1 aromatic carbocycles. The van der Waals surface area contributed by atoms with E-state index < -0.39 is 0 Å². The van der Waals surface area contributed by atoms with Gasteiger partial charge in [-0.2, -0.15) is 5.10 Å². The third-order valence-electron chi connectivity index (χ3n) is 3.75. The highest BCUT2D eigenvalue weighted by molar-refractivity contribution is 5.88. The van der Waals surface area contributed by atoms with Crippen molar-refractivity contribution in [2.24, 2.45) is 7.05 Å². The second kappa shape index (κ2) is 5.36. The molecule has 104 valence electrons. The number of aromatic nitrogens is 2. The minimum atomic E-state index is -0.0854. The monoisotopic (exact) mass is 270 g/mol. The highest BCUT2D eigenvalue weighted by Gasteiger charge is 2.27. The van der Waals surface area contributed by atoms with Gasteiger partial charge in [-0.05, 0) is 17.7 Å². The van der Waals surface area contributed by atoms with Gasteiger partial charge in [0, 0.05) is 44.1 Å². The van der Waals surface area contributed by atoms with Crippen molar-refractivity contribution in [1.82, 2.24) is 15.1 Å². The summed E-state index contributed by atoms with van der Waals surface area (Å²) in [6.07, 6.45) is 2.57. The van der Waals surface area contributed by atoms with Crippen molar-refractivity contribution in [2.75, 3.05) is 18.4 Å². The number of hydrogen-bond donors (Lipinski definition) is 2. The summed E-state index contributed by atoms with van der Waals surface area (Å²) in [5.41, 5.74) is 3.28. The molecule has 1 amide bonds. The number of rotatable bonds is 4. The Bertz CT molecular complexity index is 620. The molecule has 1 unspecified atom stereocenters. The van der Waals surface area contributed by atoms with Crippen LogP contribution in [0, 0.1) is 0 Å². The van der Waals surface area contributed by atoms with E-state index in [0.717, 1.165) is 23.4 Å². The average molecular weight is 270 g/mol. The quantitative estimate of drug-likeness (QED) is 0.880. The van der Waals surface area contributed by atoms with E-state index in [-0.39, 0.29) is 11.8 Å². The third kappa shape index (κ3) is 2.39. The molecule has 5 heteroatoms. The number of anilines is 1. The largest absolute Gasteiger partial charge is 0.384 e. The van der Waals surface area contributed by atoms with Crippen LogP contribution in [0.25, 0.3) is 0 Å². The van der Waals surface area contributed by atoms with Crippen molar-refractivity contribution >= 4 is 11.6 Å². The lowest BCUT2D eigenvalue weighted by Gasteiger charge is -2.11. The molecule has 2 heterocycles. The van der Waals surface area contributed by atoms with Crippen LogP contribution in [-0.4, -0.2) is 28.8 Å². The molecule has 0 radical (unpaired) electrons. The Hall–Kier alpha value is -2.30. The Kier molecular flexibility index (Phi) is 3.41. The van der Waals surface area contributed by atoms with Crippen LogP contribution >= 0.6 is 0 Å². The summed E-state index contributed by atoms with van der Waals surface area (Å²) in [5.74, 6) is 0.00218. The van der Waals surface area contributed by atoms with Crippen molar-refractivity contribution < 1.29 is 4.79 Å². The zero-order valence-corrected chi connectivity index (χ0v) is 11.5. The molecular formula is C15H18N4O. The number of benzene rings is 1. The molecule has 0 bridgehead atoms. The van der Waals surface area contributed by atoms with Gasteiger partial charge in [-0.25, -0.2) is 0 Å². The van der Waals surface area contributed by atoms with E-state index in [4.69, 9.17) is 0 Å². The number of aryl methyl sites for hydroxylation is 1. The molecule has 0 saturated carbocycles. The van der Waals surface area contributed by atoms with Gasteiger partial charge < -0.3 is 10.6 Å². The van der Waals surface area contributed by atoms with Gasteiger partial charge in [0.15, 0.2) is 0 Å². The van der Waals surface area contributed by atoms with Crippen LogP contribution in [0.5, 0.6) is 0 Å². The molecule has 20 heavy (non-hydrogen) atoms. The van der Waals surface area contributed by atoms with Gasteiger partial charge in [0.25, 0.3) is 0 Å². The van der Waals surface area contributed by atoms with Crippen molar-refractivity contribution in [3.63, 3.8) is 0 Å². The zero-order chi connectivity index (χ0) is 13.9. The predicted molar refractivity (Wildman–Crippen MR) is 77.6 cm³/mol. The minimum absolute atomic E-state index is 0.0854. The molecule has 5 nitrogen and oxygen atoms in total. The second-order valence-electron chi connectivity index (χ2n) is 5.01. The number of nitrogens with one attached hydrogen (secondary N) is 2. The van der Waals surface area contributed by atoms with E-state index in [0.29, 0.717) is 13.1 Å². The average Bonchev–Trinajstić information content (AvgIpc) is 3.05. The number of carbonyl (C=O) groups excluding carboxylic acids is 1. The summed E-state index contributed by atoms with van der Waals surface area (Å²) >= 11 is 0. The van der Waals surface area contributed by atoms with E-state index in [2.05, 4.69) is 15.7 Å². The molecule has 1 aliphatic heterocycles. The molecule has 0 aliphatic carbocycles. The molecule has 1 aliphatic rings. The first-order valence-corrected chi connectivity index (χ1v) is 6.83. The Balaban J connectivity index is 1.57. The molecule has 0 saturated heterocycles. The fraction of sp³-hybridized carbons (Fsp3) is 0.333. The van der Waals surface area contributed by atoms with Crippen molar-refractivity contribution in [2.45, 2.75) is 12.3 Å². The van der Waals surface area contributed by atoms with Gasteiger partial charge in [-0.1, -0.05) is 18.2 Å². The van der Waals surface area contributed by atoms with Crippen LogP contribution in [0.1, 0.15) is 17.2 Å². The first-order valence-electron chi connectivity index (χ1n) is 6.83. The molecule has 0 fully saturated rings. The summed E-state index contributed by atoms with van der Waals surface area (Å²) in [5, 5.41) is 10.4. The van der Waals surface area contributed by atoms with Gasteiger partial charge in [0.1, 0.15) is 0 Å². The molecule has 1 aromatic heterocycles. The number of fused-ring (bicyclic) bond motifs is 1. The molecular weight excluding hydrogens is 252 g/mol. The first kappa shape index (κ1) is 12.7. The number of amides is 1. The Morgan fingerprint density at radius 2 is 2.30 bits per heavy atom. The molecule has 2 aromatic rings. The summed E-state index contributed by atoms with van der Waals surface area (Å²) in [4.78, 5) is 12.2. The van der Waals surface area contributed by atoms with Gasteiger partial charge >= 0.3 is 0 Å². The van der Waals surface area contributed by atoms with Gasteiger partial charge in [-0.15, -0.1) is 0 Å². The van der Waals surface area contributed by atoms with Crippen LogP contribution in [0.4, 0.5) is 5.69 Å². The Labute approximate surface area is 118 Å². The van der Waals surface area contributed by atoms with Crippen LogP contribution in [0.2, 0.25) is 0 Å². The topological polar surface area (TPSA) is 59.0 Å². The number of hydrogen-bond acceptors (Lipinski definition) is 3. The maximum Gasteiger partial charge on any atom is 0.229 e. The summed E-state index contributed by atoms with van der Waals surface area (Å²) in [6, 6.07) is 9.95. The van der Waals surface area contributed by atoms with Gasteiger partial charge in [0.05, 0.1) is 5.92 Å². The van der Waals surface area contributed by atoms with Crippen molar-refractivity contribution in [1.29, 1.82) is 0 Å². The summed E-state index contributed by atoms with van der Waals surface area (Å²) in [6.45, 7) is 1.31. The lowest BCUT2D eigenvalue weighted by atomic mass is 10.0. The number of carbonyl (C=O) groups is 1. The van der Waals surface area contributed by atoms with E-state index in [1.165, 1.54) is 0 Å². The smallest absolute Gasteiger partial charge is 0.229 e. The van der Waals surface area contributed by atoms with Crippen LogP contribution in [0.15, 0.2) is 36.5 Å². The van der Waals surface area contributed by atoms with Gasteiger partial charge in [0.2, 0.25) is 5.91 Å². The predicted octanol–water partition coefficient (Wildman–Crippen LogP) is 1.29. The maximum absolute atomic E-state index is 12.2. The van der Waals surface area contributed by atoms with E-state index in [1.807, 2.05) is 42.1 Å². The first-order chi connectivity index (χ1) is 9.75. The highest BCUT2D eigenvalue weighted by atomic mass is 16.1. The standard InChI is InChI=1S/C15H18N4O/c1-19-11(7-9-18-19)6-8-16-15(20)13-10-17-14-5-3-2-4-12(13)14/h2-5,7,9,13,17H,6,8,10H2,1H3,(H,16,20). The Morgan fingerprint density at radius 1 is 1.45 bits per heavy atom. The molecule has 1 atom stereocenters. The van der Waals surface area contributed by atoms with E-state index in [9.17, 15) is 4.79 Å². The fourth-order valence-corrected chi connectivity index (χ4v) is 2.60. The highest BCUT2D eigenvalue weighted by Crippen LogP contribution is 2.30. The van der Waals surface area contributed by atoms with Crippen LogP contribution in [0.3, 0.4) is 0 Å². The number of para-hydroxylation sites is 1. The summed E-state index contributed by atoms with van der Waals surface area (Å²) in [7, 11) is 1.91. The van der Waals surface area contributed by atoms with E-state index in [1.54, 1.807) is 6.20 Å². The van der Waals surface area contributed by atoms with Crippen LogP contribution in [-0.2, 0) is 18.3 Å². The van der Waals surface area contributed by atoms with Crippen molar-refractivity contribution in [3.05, 3.63) is 47.8 Å². The SMILES string of the molecule is Cn1nccc1CCNC(=O)C1CNc2ccccc21. The zero-order valence-electron chi connectivity index (χ0n) is 11.5.